The van der Waals surface area contributed by atoms with E-state index >= 15 is 0 Å². The molecule has 0 spiro atoms. The molecular formula is C11H17N3O3. The van der Waals surface area contributed by atoms with Gasteiger partial charge in [-0.2, -0.15) is 10.2 Å². The van der Waals surface area contributed by atoms with Gasteiger partial charge in [0.25, 0.3) is 5.91 Å². The Kier molecular flexibility index (Phi) is 4.99. The quantitative estimate of drug-likeness (QED) is 0.745. The van der Waals surface area contributed by atoms with Crippen LogP contribution in [0.5, 0.6) is 0 Å². The molecule has 1 amide bonds. The largest absolute Gasteiger partial charge is 0.394 e. The minimum Gasteiger partial charge on any atom is -0.394 e. The summed E-state index contributed by atoms with van der Waals surface area (Å²) in [5, 5.41) is 19.5. The molecule has 1 aromatic heterocycles. The van der Waals surface area contributed by atoms with Gasteiger partial charge in [0.15, 0.2) is 0 Å². The summed E-state index contributed by atoms with van der Waals surface area (Å²) in [5.41, 5.74) is 1.70. The van der Waals surface area contributed by atoms with Crippen LogP contribution < -0.4 is 5.32 Å². The first-order valence-electron chi connectivity index (χ1n) is 5.30. The summed E-state index contributed by atoms with van der Waals surface area (Å²) < 4.78 is 4.88. The SMILES string of the molecule is COCC(CO)NC(=O)c1cc(C)nnc1C. The van der Waals surface area contributed by atoms with Gasteiger partial charge in [-0.3, -0.25) is 4.79 Å². The molecule has 0 radical (unpaired) electrons. The lowest BCUT2D eigenvalue weighted by Crippen LogP contribution is -2.41. The van der Waals surface area contributed by atoms with Crippen molar-refractivity contribution in [2.45, 2.75) is 19.9 Å². The Hall–Kier alpha value is -1.53. The topological polar surface area (TPSA) is 84.3 Å². The molecule has 0 aliphatic rings. The Morgan fingerprint density at radius 3 is 2.82 bits per heavy atom. The van der Waals surface area contributed by atoms with Crippen LogP contribution in [-0.4, -0.2) is 47.6 Å². The van der Waals surface area contributed by atoms with Gasteiger partial charge in [0.1, 0.15) is 0 Å². The fourth-order valence-corrected chi connectivity index (χ4v) is 1.38. The highest BCUT2D eigenvalue weighted by molar-refractivity contribution is 5.95. The van der Waals surface area contributed by atoms with Crippen LogP contribution in [0.2, 0.25) is 0 Å². The summed E-state index contributed by atoms with van der Waals surface area (Å²) in [5.74, 6) is -0.281. The molecular weight excluding hydrogens is 222 g/mol. The van der Waals surface area contributed by atoms with Gasteiger partial charge in [0.05, 0.1) is 36.2 Å². The number of nitrogens with zero attached hydrogens (tertiary/aromatic N) is 2. The average Bonchev–Trinajstić information content (AvgIpc) is 2.31. The minimum absolute atomic E-state index is 0.171. The zero-order valence-corrected chi connectivity index (χ0v) is 10.2. The number of nitrogens with one attached hydrogen (secondary N) is 1. The third kappa shape index (κ3) is 3.76. The number of amides is 1. The fraction of sp³-hybridized carbons (Fsp3) is 0.545. The second-order valence-electron chi connectivity index (χ2n) is 3.79. The van der Waals surface area contributed by atoms with Gasteiger partial charge in [-0.1, -0.05) is 0 Å². The van der Waals surface area contributed by atoms with E-state index in [9.17, 15) is 4.79 Å². The lowest BCUT2D eigenvalue weighted by molar-refractivity contribution is 0.0838. The molecule has 6 nitrogen and oxygen atoms in total. The Bertz CT molecular complexity index is 396. The predicted molar refractivity (Wildman–Crippen MR) is 61.7 cm³/mol. The average molecular weight is 239 g/mol. The van der Waals surface area contributed by atoms with E-state index in [0.717, 1.165) is 0 Å². The molecule has 1 heterocycles. The predicted octanol–water partition coefficient (Wildman–Crippen LogP) is -0.169. The lowest BCUT2D eigenvalue weighted by Gasteiger charge is -2.15. The molecule has 0 aliphatic carbocycles. The van der Waals surface area contributed by atoms with E-state index < -0.39 is 6.04 Å². The van der Waals surface area contributed by atoms with E-state index in [1.54, 1.807) is 19.9 Å². The highest BCUT2D eigenvalue weighted by Crippen LogP contribution is 2.05. The molecule has 2 N–H and O–H groups in total. The monoisotopic (exact) mass is 239 g/mol. The van der Waals surface area contributed by atoms with Crippen LogP contribution in [0.1, 0.15) is 21.7 Å². The minimum atomic E-state index is -0.416. The molecule has 6 heteroatoms. The second kappa shape index (κ2) is 6.27. The maximum absolute atomic E-state index is 11.9. The van der Waals surface area contributed by atoms with Crippen molar-refractivity contribution in [3.63, 3.8) is 0 Å². The molecule has 94 valence electrons. The first-order valence-corrected chi connectivity index (χ1v) is 5.30. The summed E-state index contributed by atoms with van der Waals surface area (Å²) >= 11 is 0. The Morgan fingerprint density at radius 2 is 2.24 bits per heavy atom. The molecule has 0 saturated heterocycles. The number of aliphatic hydroxyl groups excluding tert-OH is 1. The van der Waals surface area contributed by atoms with E-state index in [2.05, 4.69) is 15.5 Å². The third-order valence-corrected chi connectivity index (χ3v) is 2.27. The third-order valence-electron chi connectivity index (χ3n) is 2.27. The van der Waals surface area contributed by atoms with Crippen molar-refractivity contribution in [3.05, 3.63) is 23.0 Å². The zero-order chi connectivity index (χ0) is 12.8. The van der Waals surface area contributed by atoms with Gasteiger partial charge in [-0.15, -0.1) is 0 Å². The van der Waals surface area contributed by atoms with Gasteiger partial charge < -0.3 is 15.2 Å². The van der Waals surface area contributed by atoms with Crippen molar-refractivity contribution >= 4 is 5.91 Å². The van der Waals surface area contributed by atoms with Crippen molar-refractivity contribution in [1.29, 1.82) is 0 Å². The number of methoxy groups -OCH3 is 1. The van der Waals surface area contributed by atoms with Crippen molar-refractivity contribution < 1.29 is 14.6 Å². The Morgan fingerprint density at radius 1 is 1.53 bits per heavy atom. The fourth-order valence-electron chi connectivity index (χ4n) is 1.38. The van der Waals surface area contributed by atoms with Gasteiger partial charge >= 0.3 is 0 Å². The maximum Gasteiger partial charge on any atom is 0.253 e. The van der Waals surface area contributed by atoms with Crippen LogP contribution in [-0.2, 0) is 4.74 Å². The number of carbonyl (C=O) groups is 1. The maximum atomic E-state index is 11.9. The van der Waals surface area contributed by atoms with E-state index in [1.165, 1.54) is 7.11 Å². The van der Waals surface area contributed by atoms with Crippen molar-refractivity contribution in [1.82, 2.24) is 15.5 Å². The standard InChI is InChI=1S/C11H17N3O3/c1-7-4-10(8(2)14-13-7)11(16)12-9(5-15)6-17-3/h4,9,15H,5-6H2,1-3H3,(H,12,16). The molecule has 0 saturated carbocycles. The van der Waals surface area contributed by atoms with Crippen molar-refractivity contribution in [2.24, 2.45) is 0 Å². The van der Waals surface area contributed by atoms with Crippen LogP contribution in [0.4, 0.5) is 0 Å². The molecule has 0 fully saturated rings. The number of aryl methyl sites for hydroxylation is 2. The highest BCUT2D eigenvalue weighted by Gasteiger charge is 2.15. The van der Waals surface area contributed by atoms with Gasteiger partial charge in [-0.05, 0) is 19.9 Å². The van der Waals surface area contributed by atoms with Gasteiger partial charge in [-0.25, -0.2) is 0 Å². The number of carbonyl (C=O) groups excluding carboxylic acids is 1. The van der Waals surface area contributed by atoms with Crippen LogP contribution in [0.25, 0.3) is 0 Å². The molecule has 17 heavy (non-hydrogen) atoms. The number of hydrogen-bond acceptors (Lipinski definition) is 5. The van der Waals surface area contributed by atoms with Crippen molar-refractivity contribution in [3.8, 4) is 0 Å². The van der Waals surface area contributed by atoms with E-state index in [-0.39, 0.29) is 19.1 Å². The molecule has 0 aliphatic heterocycles. The first kappa shape index (κ1) is 13.5. The molecule has 1 rings (SSSR count). The van der Waals surface area contributed by atoms with Crippen LogP contribution in [0, 0.1) is 13.8 Å². The van der Waals surface area contributed by atoms with Gasteiger partial charge in [0.2, 0.25) is 0 Å². The van der Waals surface area contributed by atoms with Crippen LogP contribution in [0.3, 0.4) is 0 Å². The second-order valence-corrected chi connectivity index (χ2v) is 3.79. The number of rotatable bonds is 5. The molecule has 0 bridgehead atoms. The number of aliphatic hydroxyl groups is 1. The lowest BCUT2D eigenvalue weighted by atomic mass is 10.1. The van der Waals surface area contributed by atoms with E-state index in [4.69, 9.17) is 9.84 Å². The number of hydrogen-bond donors (Lipinski definition) is 2. The van der Waals surface area contributed by atoms with E-state index in [0.29, 0.717) is 17.0 Å². The summed E-state index contributed by atoms with van der Waals surface area (Å²) in [4.78, 5) is 11.9. The van der Waals surface area contributed by atoms with Crippen LogP contribution in [0.15, 0.2) is 6.07 Å². The molecule has 1 aromatic rings. The smallest absolute Gasteiger partial charge is 0.253 e. The summed E-state index contributed by atoms with van der Waals surface area (Å²) in [7, 11) is 1.51. The summed E-state index contributed by atoms with van der Waals surface area (Å²) in [6.07, 6.45) is 0. The molecule has 1 unspecified atom stereocenters. The van der Waals surface area contributed by atoms with Gasteiger partial charge in [0, 0.05) is 7.11 Å². The van der Waals surface area contributed by atoms with Crippen molar-refractivity contribution in [2.75, 3.05) is 20.3 Å². The Labute approximate surface area is 100 Å². The summed E-state index contributed by atoms with van der Waals surface area (Å²) in [6, 6.07) is 1.25. The normalized spacial score (nSPS) is 12.2. The number of aromatic nitrogens is 2. The van der Waals surface area contributed by atoms with E-state index in [1.807, 2.05) is 0 Å². The zero-order valence-electron chi connectivity index (χ0n) is 10.2. The highest BCUT2D eigenvalue weighted by atomic mass is 16.5. The summed E-state index contributed by atoms with van der Waals surface area (Å²) in [6.45, 7) is 3.57. The Balaban J connectivity index is 2.78. The first-order chi connectivity index (χ1) is 8.08. The number of ether oxygens (including phenoxy) is 1. The van der Waals surface area contributed by atoms with Crippen LogP contribution >= 0.6 is 0 Å². The molecule has 0 aromatic carbocycles. The molecule has 1 atom stereocenters.